The Balaban J connectivity index is 2.49. The molecule has 1 aliphatic heterocycles. The molecular weight excluding hydrogens is 212 g/mol. The van der Waals surface area contributed by atoms with Gasteiger partial charge in [0, 0.05) is 6.42 Å². The van der Waals surface area contributed by atoms with E-state index in [9.17, 15) is 14.4 Å². The Hall–Kier alpha value is -1.59. The molecule has 90 valence electrons. The van der Waals surface area contributed by atoms with Crippen molar-refractivity contribution in [3.8, 4) is 0 Å². The van der Waals surface area contributed by atoms with Crippen LogP contribution in [-0.2, 0) is 19.1 Å². The summed E-state index contributed by atoms with van der Waals surface area (Å²) in [5, 5.41) is 5.09. The molecule has 6 nitrogen and oxygen atoms in total. The van der Waals surface area contributed by atoms with Crippen molar-refractivity contribution < 1.29 is 19.1 Å². The third-order valence-electron chi connectivity index (χ3n) is 2.52. The van der Waals surface area contributed by atoms with Crippen LogP contribution in [0.15, 0.2) is 0 Å². The van der Waals surface area contributed by atoms with Crippen molar-refractivity contribution in [2.24, 2.45) is 0 Å². The number of rotatable bonds is 4. The van der Waals surface area contributed by atoms with E-state index in [0.717, 1.165) is 0 Å². The molecule has 0 radical (unpaired) electrons. The molecular formula is C10H16N2O4. The Bertz CT molecular complexity index is 303. The van der Waals surface area contributed by atoms with Crippen LogP contribution in [-0.4, -0.2) is 37.0 Å². The highest BCUT2D eigenvalue weighted by Crippen LogP contribution is 2.07. The zero-order valence-electron chi connectivity index (χ0n) is 9.41. The number of amides is 2. The molecule has 2 atom stereocenters. The summed E-state index contributed by atoms with van der Waals surface area (Å²) in [5.74, 6) is -0.936. The Kier molecular flexibility index (Phi) is 4.28. The SMILES string of the molecule is CC[C@H](NC(=O)[C@@H]1CCC(=O)N1)C(=O)OC. The topological polar surface area (TPSA) is 84.5 Å². The molecule has 1 saturated heterocycles. The number of esters is 1. The van der Waals surface area contributed by atoms with Crippen LogP contribution in [0, 0.1) is 0 Å². The van der Waals surface area contributed by atoms with Crippen LogP contribution < -0.4 is 10.6 Å². The minimum atomic E-state index is -0.644. The van der Waals surface area contributed by atoms with Crippen molar-refractivity contribution >= 4 is 17.8 Å². The minimum absolute atomic E-state index is 0.133. The molecule has 1 aliphatic rings. The van der Waals surface area contributed by atoms with E-state index in [4.69, 9.17) is 0 Å². The molecule has 0 unspecified atom stereocenters. The van der Waals surface area contributed by atoms with E-state index in [1.807, 2.05) is 0 Å². The molecule has 0 aromatic rings. The molecule has 0 aliphatic carbocycles. The minimum Gasteiger partial charge on any atom is -0.467 e. The molecule has 2 N–H and O–H groups in total. The largest absolute Gasteiger partial charge is 0.467 e. The number of hydrogen-bond acceptors (Lipinski definition) is 4. The van der Waals surface area contributed by atoms with E-state index in [0.29, 0.717) is 19.3 Å². The first-order chi connectivity index (χ1) is 7.58. The van der Waals surface area contributed by atoms with Gasteiger partial charge in [0.15, 0.2) is 0 Å². The fourth-order valence-electron chi connectivity index (χ4n) is 1.55. The molecule has 0 aromatic carbocycles. The maximum absolute atomic E-state index is 11.6. The van der Waals surface area contributed by atoms with Crippen molar-refractivity contribution in [1.82, 2.24) is 10.6 Å². The predicted octanol–water partition coefficient (Wildman–Crippen LogP) is -0.667. The Morgan fingerprint density at radius 1 is 1.62 bits per heavy atom. The third-order valence-corrected chi connectivity index (χ3v) is 2.52. The van der Waals surface area contributed by atoms with Gasteiger partial charge in [-0.05, 0) is 12.8 Å². The van der Waals surface area contributed by atoms with Gasteiger partial charge in [-0.1, -0.05) is 6.92 Å². The monoisotopic (exact) mass is 228 g/mol. The zero-order chi connectivity index (χ0) is 12.1. The number of carbonyl (C=O) groups excluding carboxylic acids is 3. The number of ether oxygens (including phenoxy) is 1. The predicted molar refractivity (Wildman–Crippen MR) is 55.4 cm³/mol. The first-order valence-corrected chi connectivity index (χ1v) is 5.26. The highest BCUT2D eigenvalue weighted by Gasteiger charge is 2.29. The van der Waals surface area contributed by atoms with E-state index in [1.54, 1.807) is 6.92 Å². The quantitative estimate of drug-likeness (QED) is 0.625. The summed E-state index contributed by atoms with van der Waals surface area (Å²) < 4.78 is 4.55. The fourth-order valence-corrected chi connectivity index (χ4v) is 1.55. The standard InChI is InChI=1S/C10H16N2O4/c1-3-6(10(15)16-2)12-9(14)7-4-5-8(13)11-7/h6-7H,3-5H2,1-2H3,(H,11,13)(H,12,14)/t6-,7-/m0/s1. The average molecular weight is 228 g/mol. The highest BCUT2D eigenvalue weighted by atomic mass is 16.5. The molecule has 6 heteroatoms. The molecule has 0 spiro atoms. The van der Waals surface area contributed by atoms with Crippen molar-refractivity contribution in [2.45, 2.75) is 38.3 Å². The van der Waals surface area contributed by atoms with E-state index in [2.05, 4.69) is 15.4 Å². The van der Waals surface area contributed by atoms with Gasteiger partial charge in [-0.2, -0.15) is 0 Å². The molecule has 0 aromatic heterocycles. The Morgan fingerprint density at radius 2 is 2.31 bits per heavy atom. The van der Waals surface area contributed by atoms with Crippen LogP contribution in [0.5, 0.6) is 0 Å². The van der Waals surface area contributed by atoms with Gasteiger partial charge in [0.2, 0.25) is 11.8 Å². The molecule has 0 saturated carbocycles. The molecule has 1 fully saturated rings. The molecule has 0 bridgehead atoms. The maximum Gasteiger partial charge on any atom is 0.328 e. The number of nitrogens with one attached hydrogen (secondary N) is 2. The average Bonchev–Trinajstić information content (AvgIpc) is 2.71. The number of hydrogen-bond donors (Lipinski definition) is 2. The number of methoxy groups -OCH3 is 1. The van der Waals surface area contributed by atoms with E-state index >= 15 is 0 Å². The lowest BCUT2D eigenvalue weighted by atomic mass is 10.1. The van der Waals surface area contributed by atoms with Crippen LogP contribution in [0.25, 0.3) is 0 Å². The maximum atomic E-state index is 11.6. The summed E-state index contributed by atoms with van der Waals surface area (Å²) >= 11 is 0. The Morgan fingerprint density at radius 3 is 2.75 bits per heavy atom. The first-order valence-electron chi connectivity index (χ1n) is 5.26. The van der Waals surface area contributed by atoms with Gasteiger partial charge in [-0.3, -0.25) is 9.59 Å². The van der Waals surface area contributed by atoms with Crippen LogP contribution >= 0.6 is 0 Å². The van der Waals surface area contributed by atoms with Gasteiger partial charge in [-0.25, -0.2) is 4.79 Å². The van der Waals surface area contributed by atoms with Gasteiger partial charge in [0.05, 0.1) is 7.11 Å². The lowest BCUT2D eigenvalue weighted by Crippen LogP contribution is -2.48. The smallest absolute Gasteiger partial charge is 0.328 e. The van der Waals surface area contributed by atoms with E-state index in [-0.39, 0.29) is 11.8 Å². The second kappa shape index (κ2) is 5.48. The highest BCUT2D eigenvalue weighted by molar-refractivity contribution is 5.93. The normalized spacial score (nSPS) is 21.1. The van der Waals surface area contributed by atoms with Gasteiger partial charge in [0.1, 0.15) is 12.1 Å². The fraction of sp³-hybridized carbons (Fsp3) is 0.700. The zero-order valence-corrected chi connectivity index (χ0v) is 9.41. The van der Waals surface area contributed by atoms with Gasteiger partial charge in [0.25, 0.3) is 0 Å². The second-order valence-electron chi connectivity index (χ2n) is 3.65. The summed E-state index contributed by atoms with van der Waals surface area (Å²) in [4.78, 5) is 33.8. The van der Waals surface area contributed by atoms with Crippen molar-refractivity contribution in [3.05, 3.63) is 0 Å². The molecule has 1 heterocycles. The lowest BCUT2D eigenvalue weighted by molar-refractivity contribution is -0.145. The molecule has 16 heavy (non-hydrogen) atoms. The van der Waals surface area contributed by atoms with E-state index < -0.39 is 18.1 Å². The number of carbonyl (C=O) groups is 3. The van der Waals surface area contributed by atoms with Crippen molar-refractivity contribution in [1.29, 1.82) is 0 Å². The van der Waals surface area contributed by atoms with Crippen LogP contribution in [0.1, 0.15) is 26.2 Å². The lowest BCUT2D eigenvalue weighted by Gasteiger charge is -2.17. The van der Waals surface area contributed by atoms with E-state index in [1.165, 1.54) is 7.11 Å². The summed E-state index contributed by atoms with van der Waals surface area (Å²) in [6.07, 6.45) is 1.29. The summed E-state index contributed by atoms with van der Waals surface area (Å²) in [7, 11) is 1.27. The molecule has 1 rings (SSSR count). The van der Waals surface area contributed by atoms with Gasteiger partial charge in [-0.15, -0.1) is 0 Å². The van der Waals surface area contributed by atoms with Crippen LogP contribution in [0.3, 0.4) is 0 Å². The van der Waals surface area contributed by atoms with Crippen molar-refractivity contribution in [3.63, 3.8) is 0 Å². The second-order valence-corrected chi connectivity index (χ2v) is 3.65. The summed E-state index contributed by atoms with van der Waals surface area (Å²) in [6, 6.07) is -1.17. The van der Waals surface area contributed by atoms with Crippen LogP contribution in [0.2, 0.25) is 0 Å². The van der Waals surface area contributed by atoms with Gasteiger partial charge < -0.3 is 15.4 Å². The summed E-state index contributed by atoms with van der Waals surface area (Å²) in [5.41, 5.74) is 0. The molecule has 2 amide bonds. The Labute approximate surface area is 93.7 Å². The van der Waals surface area contributed by atoms with Crippen LogP contribution in [0.4, 0.5) is 0 Å². The van der Waals surface area contributed by atoms with Gasteiger partial charge >= 0.3 is 5.97 Å². The summed E-state index contributed by atoms with van der Waals surface area (Å²) in [6.45, 7) is 1.77. The third kappa shape index (κ3) is 2.95. The first kappa shape index (κ1) is 12.5. The van der Waals surface area contributed by atoms with Crippen molar-refractivity contribution in [2.75, 3.05) is 7.11 Å².